The van der Waals surface area contributed by atoms with Crippen molar-refractivity contribution in [2.24, 2.45) is 0 Å². The van der Waals surface area contributed by atoms with Crippen molar-refractivity contribution in [2.75, 3.05) is 14.2 Å². The lowest BCUT2D eigenvalue weighted by molar-refractivity contribution is 0.416. The molecule has 0 heterocycles. The fraction of sp³-hybridized carbons (Fsp3) is 0.100. The third kappa shape index (κ3) is 2.97. The molecule has 0 fully saturated rings. The van der Waals surface area contributed by atoms with Crippen LogP contribution >= 0.6 is 15.9 Å². The van der Waals surface area contributed by atoms with Gasteiger partial charge in [-0.15, -0.1) is 0 Å². The molecular weight excluding hydrogens is 352 g/mol. The van der Waals surface area contributed by atoms with Gasteiger partial charge >= 0.3 is 0 Å². The molecular formula is C20H17BrO2. The summed E-state index contributed by atoms with van der Waals surface area (Å²) in [5, 5.41) is 0. The van der Waals surface area contributed by atoms with E-state index >= 15 is 0 Å². The molecule has 2 nitrogen and oxygen atoms in total. The van der Waals surface area contributed by atoms with Crippen LogP contribution in [0.15, 0.2) is 71.2 Å². The Kier molecular flexibility index (Phi) is 4.68. The zero-order valence-corrected chi connectivity index (χ0v) is 14.6. The molecule has 23 heavy (non-hydrogen) atoms. The van der Waals surface area contributed by atoms with Crippen molar-refractivity contribution in [1.29, 1.82) is 0 Å². The maximum atomic E-state index is 5.50. The number of ether oxygens (including phenoxy) is 2. The van der Waals surface area contributed by atoms with Crippen LogP contribution in [-0.2, 0) is 0 Å². The average molecular weight is 369 g/mol. The number of hydrogen-bond donors (Lipinski definition) is 0. The molecule has 0 aliphatic heterocycles. The molecule has 3 rings (SSSR count). The van der Waals surface area contributed by atoms with Gasteiger partial charge < -0.3 is 9.47 Å². The minimum absolute atomic E-state index is 0.852. The first kappa shape index (κ1) is 15.6. The Bertz CT molecular complexity index is 762. The molecule has 3 aromatic carbocycles. The summed E-state index contributed by atoms with van der Waals surface area (Å²) in [6, 6.07) is 22.3. The molecule has 0 saturated carbocycles. The van der Waals surface area contributed by atoms with Crippen LogP contribution in [0, 0.1) is 0 Å². The van der Waals surface area contributed by atoms with E-state index in [1.807, 2.05) is 42.5 Å². The van der Waals surface area contributed by atoms with Crippen LogP contribution < -0.4 is 9.47 Å². The van der Waals surface area contributed by atoms with Crippen molar-refractivity contribution in [2.45, 2.75) is 0 Å². The molecule has 0 N–H and O–H groups in total. The third-order valence-electron chi connectivity index (χ3n) is 3.79. The Morgan fingerprint density at radius 3 is 1.39 bits per heavy atom. The van der Waals surface area contributed by atoms with Gasteiger partial charge in [-0.2, -0.15) is 0 Å². The Hall–Kier alpha value is -2.26. The van der Waals surface area contributed by atoms with E-state index in [0.29, 0.717) is 0 Å². The third-order valence-corrected chi connectivity index (χ3v) is 4.65. The Morgan fingerprint density at radius 2 is 0.957 bits per heavy atom. The zero-order valence-electron chi connectivity index (χ0n) is 13.0. The highest BCUT2D eigenvalue weighted by molar-refractivity contribution is 9.10. The fourth-order valence-electron chi connectivity index (χ4n) is 2.68. The van der Waals surface area contributed by atoms with E-state index in [9.17, 15) is 0 Å². The molecule has 0 aromatic heterocycles. The van der Waals surface area contributed by atoms with E-state index < -0.39 is 0 Å². The maximum absolute atomic E-state index is 5.50. The standard InChI is InChI=1S/C20H17BrO2/c1-22-18-12-5-3-8-14(18)16-10-7-11-17(20(16)21)15-9-4-6-13-19(15)23-2/h3-13H,1-2H3. The Labute approximate surface area is 144 Å². The number of hydrogen-bond acceptors (Lipinski definition) is 2. The van der Waals surface area contributed by atoms with E-state index in [2.05, 4.69) is 40.2 Å². The molecule has 0 aliphatic carbocycles. The lowest BCUT2D eigenvalue weighted by Crippen LogP contribution is -1.91. The maximum Gasteiger partial charge on any atom is 0.126 e. The van der Waals surface area contributed by atoms with Crippen LogP contribution in [-0.4, -0.2) is 14.2 Å². The second-order valence-electron chi connectivity index (χ2n) is 5.07. The molecule has 0 aliphatic rings. The summed E-state index contributed by atoms with van der Waals surface area (Å²) in [6.45, 7) is 0. The minimum atomic E-state index is 0.852. The van der Waals surface area contributed by atoms with Crippen molar-refractivity contribution < 1.29 is 9.47 Å². The fourth-order valence-corrected chi connectivity index (χ4v) is 3.37. The van der Waals surface area contributed by atoms with Gasteiger partial charge in [0.25, 0.3) is 0 Å². The topological polar surface area (TPSA) is 18.5 Å². The Morgan fingerprint density at radius 1 is 0.565 bits per heavy atom. The van der Waals surface area contributed by atoms with Gasteiger partial charge in [0.15, 0.2) is 0 Å². The van der Waals surface area contributed by atoms with Crippen LogP contribution in [0.25, 0.3) is 22.3 Å². The van der Waals surface area contributed by atoms with Gasteiger partial charge in [-0.25, -0.2) is 0 Å². The number of benzene rings is 3. The zero-order chi connectivity index (χ0) is 16.2. The lowest BCUT2D eigenvalue weighted by Gasteiger charge is -2.15. The summed E-state index contributed by atoms with van der Waals surface area (Å²) in [4.78, 5) is 0. The van der Waals surface area contributed by atoms with E-state index in [4.69, 9.17) is 9.47 Å². The summed E-state index contributed by atoms with van der Waals surface area (Å²) in [5.41, 5.74) is 4.29. The van der Waals surface area contributed by atoms with Crippen molar-refractivity contribution in [3.63, 3.8) is 0 Å². The molecule has 0 saturated heterocycles. The van der Waals surface area contributed by atoms with Gasteiger partial charge in [0, 0.05) is 26.7 Å². The van der Waals surface area contributed by atoms with Gasteiger partial charge in [0.2, 0.25) is 0 Å². The summed E-state index contributed by atoms with van der Waals surface area (Å²) < 4.78 is 12.0. The SMILES string of the molecule is COc1ccccc1-c1cccc(-c2ccccc2OC)c1Br. The summed E-state index contributed by atoms with van der Waals surface area (Å²) in [7, 11) is 3.38. The molecule has 116 valence electrons. The molecule has 0 spiro atoms. The highest BCUT2D eigenvalue weighted by atomic mass is 79.9. The second kappa shape index (κ2) is 6.88. The van der Waals surface area contributed by atoms with Gasteiger partial charge in [-0.05, 0) is 28.1 Å². The summed E-state index contributed by atoms with van der Waals surface area (Å²) in [6.07, 6.45) is 0. The quantitative estimate of drug-likeness (QED) is 0.579. The van der Waals surface area contributed by atoms with Crippen LogP contribution in [0.3, 0.4) is 0 Å². The number of para-hydroxylation sites is 2. The predicted octanol–water partition coefficient (Wildman–Crippen LogP) is 5.80. The van der Waals surface area contributed by atoms with E-state index in [-0.39, 0.29) is 0 Å². The van der Waals surface area contributed by atoms with Crippen LogP contribution in [0.4, 0.5) is 0 Å². The van der Waals surface area contributed by atoms with Crippen molar-refractivity contribution in [1.82, 2.24) is 0 Å². The number of rotatable bonds is 4. The number of halogens is 1. The van der Waals surface area contributed by atoms with E-state index in [0.717, 1.165) is 38.2 Å². The first-order chi connectivity index (χ1) is 11.3. The minimum Gasteiger partial charge on any atom is -0.496 e. The summed E-state index contributed by atoms with van der Waals surface area (Å²) in [5.74, 6) is 1.70. The van der Waals surface area contributed by atoms with Crippen molar-refractivity contribution in [3.05, 3.63) is 71.2 Å². The second-order valence-corrected chi connectivity index (χ2v) is 5.86. The smallest absolute Gasteiger partial charge is 0.126 e. The van der Waals surface area contributed by atoms with Crippen LogP contribution in [0.5, 0.6) is 11.5 Å². The Balaban J connectivity index is 2.20. The largest absolute Gasteiger partial charge is 0.496 e. The van der Waals surface area contributed by atoms with Crippen molar-refractivity contribution in [3.8, 4) is 33.8 Å². The first-order valence-corrected chi connectivity index (χ1v) is 8.11. The van der Waals surface area contributed by atoms with Crippen molar-refractivity contribution >= 4 is 15.9 Å². The van der Waals surface area contributed by atoms with E-state index in [1.54, 1.807) is 14.2 Å². The molecule has 0 bridgehead atoms. The van der Waals surface area contributed by atoms with Gasteiger partial charge in [-0.1, -0.05) is 54.6 Å². The van der Waals surface area contributed by atoms with Gasteiger partial charge in [0.1, 0.15) is 11.5 Å². The van der Waals surface area contributed by atoms with Crippen LogP contribution in [0.1, 0.15) is 0 Å². The molecule has 3 heteroatoms. The normalized spacial score (nSPS) is 10.4. The number of methoxy groups -OCH3 is 2. The van der Waals surface area contributed by atoms with E-state index in [1.165, 1.54) is 0 Å². The molecule has 0 radical (unpaired) electrons. The molecule has 0 unspecified atom stereocenters. The first-order valence-electron chi connectivity index (χ1n) is 7.31. The predicted molar refractivity (Wildman–Crippen MR) is 98.1 cm³/mol. The molecule has 3 aromatic rings. The molecule has 0 atom stereocenters. The van der Waals surface area contributed by atoms with Crippen LogP contribution in [0.2, 0.25) is 0 Å². The highest BCUT2D eigenvalue weighted by Gasteiger charge is 2.14. The summed E-state index contributed by atoms with van der Waals surface area (Å²) >= 11 is 3.77. The lowest BCUT2D eigenvalue weighted by atomic mass is 9.98. The highest BCUT2D eigenvalue weighted by Crippen LogP contribution is 2.42. The van der Waals surface area contributed by atoms with Gasteiger partial charge in [-0.3, -0.25) is 0 Å². The molecule has 0 amide bonds. The monoisotopic (exact) mass is 368 g/mol. The average Bonchev–Trinajstić information content (AvgIpc) is 2.62. The van der Waals surface area contributed by atoms with Gasteiger partial charge in [0.05, 0.1) is 14.2 Å².